The van der Waals surface area contributed by atoms with Crippen molar-refractivity contribution in [2.75, 3.05) is 38.1 Å². The molecule has 4 rings (SSSR count). The third-order valence-electron chi connectivity index (χ3n) is 6.21. The number of hydrogen-bond acceptors (Lipinski definition) is 6. The van der Waals surface area contributed by atoms with Gasteiger partial charge in [0.1, 0.15) is 5.52 Å². The van der Waals surface area contributed by atoms with Crippen molar-refractivity contribution in [1.82, 2.24) is 24.8 Å². The van der Waals surface area contributed by atoms with Crippen LogP contribution in [0.2, 0.25) is 0 Å². The average Bonchev–Trinajstić information content (AvgIpc) is 2.84. The largest absolute Gasteiger partial charge is 0.356 e. The molecule has 174 valence electrons. The number of nitrogens with zero attached hydrogens (tertiary/aromatic N) is 5. The summed E-state index contributed by atoms with van der Waals surface area (Å²) >= 11 is 0. The minimum absolute atomic E-state index is 0.0599. The molecule has 1 fully saturated rings. The molecular formula is C25H32N6O2. The number of nitrogens with one attached hydrogen (secondary N) is 1. The van der Waals surface area contributed by atoms with E-state index in [1.165, 1.54) is 10.1 Å². The van der Waals surface area contributed by atoms with E-state index in [2.05, 4.69) is 51.5 Å². The number of amides is 1. The Bertz CT molecular complexity index is 1150. The molecule has 0 radical (unpaired) electrons. The Kier molecular flexibility index (Phi) is 7.34. The van der Waals surface area contributed by atoms with Gasteiger partial charge in [-0.2, -0.15) is 0 Å². The lowest BCUT2D eigenvalue weighted by molar-refractivity contribution is -0.125. The molecular weight excluding hydrogens is 416 g/mol. The van der Waals surface area contributed by atoms with Crippen molar-refractivity contribution in [2.24, 2.45) is 13.0 Å². The third-order valence-corrected chi connectivity index (χ3v) is 6.21. The van der Waals surface area contributed by atoms with E-state index in [1.54, 1.807) is 13.2 Å². The third kappa shape index (κ3) is 5.57. The highest BCUT2D eigenvalue weighted by molar-refractivity contribution is 5.79. The van der Waals surface area contributed by atoms with Gasteiger partial charge in [-0.15, -0.1) is 0 Å². The summed E-state index contributed by atoms with van der Waals surface area (Å²) < 4.78 is 1.54. The maximum Gasteiger partial charge on any atom is 0.294 e. The minimum atomic E-state index is -0.177. The van der Waals surface area contributed by atoms with E-state index in [0.717, 1.165) is 38.9 Å². The second kappa shape index (κ2) is 10.6. The molecule has 3 aromatic rings. The first-order valence-electron chi connectivity index (χ1n) is 11.6. The normalized spacial score (nSPS) is 16.3. The predicted molar refractivity (Wildman–Crippen MR) is 130 cm³/mol. The van der Waals surface area contributed by atoms with Crippen LogP contribution in [0.1, 0.15) is 24.8 Å². The molecule has 1 atom stereocenters. The Morgan fingerprint density at radius 2 is 2.03 bits per heavy atom. The summed E-state index contributed by atoms with van der Waals surface area (Å²) in [6.07, 6.45) is 4.23. The molecule has 1 saturated heterocycles. The molecule has 1 aliphatic heterocycles. The summed E-state index contributed by atoms with van der Waals surface area (Å²) in [5.74, 6) is 0.319. The van der Waals surface area contributed by atoms with Crippen LogP contribution in [0.5, 0.6) is 0 Å². The number of aromatic nitrogens is 3. The zero-order chi connectivity index (χ0) is 23.2. The summed E-state index contributed by atoms with van der Waals surface area (Å²) in [5.41, 5.74) is 2.36. The van der Waals surface area contributed by atoms with Gasteiger partial charge in [0, 0.05) is 39.4 Å². The fraction of sp³-hybridized carbons (Fsp3) is 0.440. The lowest BCUT2D eigenvalue weighted by atomic mass is 9.97. The van der Waals surface area contributed by atoms with E-state index >= 15 is 0 Å². The second-order valence-corrected chi connectivity index (χ2v) is 8.80. The van der Waals surface area contributed by atoms with Crippen molar-refractivity contribution < 1.29 is 4.79 Å². The van der Waals surface area contributed by atoms with Gasteiger partial charge in [0.25, 0.3) is 5.56 Å². The van der Waals surface area contributed by atoms with Crippen LogP contribution in [0.15, 0.2) is 53.5 Å². The van der Waals surface area contributed by atoms with Crippen LogP contribution in [-0.2, 0) is 18.4 Å². The average molecular weight is 449 g/mol. The number of hydrogen-bond donors (Lipinski definition) is 1. The zero-order valence-corrected chi connectivity index (χ0v) is 19.4. The highest BCUT2D eigenvalue weighted by Gasteiger charge is 2.28. The fourth-order valence-corrected chi connectivity index (χ4v) is 4.41. The molecule has 1 aromatic carbocycles. The number of fused-ring (bicyclic) bond motifs is 1. The van der Waals surface area contributed by atoms with Gasteiger partial charge in [0.15, 0.2) is 11.5 Å². The van der Waals surface area contributed by atoms with Gasteiger partial charge in [-0.05, 0) is 50.6 Å². The number of piperidine rings is 1. The van der Waals surface area contributed by atoms with Gasteiger partial charge in [0.05, 0.1) is 5.92 Å². The first-order valence-corrected chi connectivity index (χ1v) is 11.6. The number of aryl methyl sites for hydroxylation is 1. The van der Waals surface area contributed by atoms with E-state index in [1.807, 2.05) is 23.1 Å². The predicted octanol–water partition coefficient (Wildman–Crippen LogP) is 2.18. The van der Waals surface area contributed by atoms with E-state index in [0.29, 0.717) is 30.1 Å². The van der Waals surface area contributed by atoms with Crippen LogP contribution in [0.4, 0.5) is 5.82 Å². The molecule has 8 heteroatoms. The summed E-state index contributed by atoms with van der Waals surface area (Å²) in [6, 6.07) is 14.1. The molecule has 0 saturated carbocycles. The Labute approximate surface area is 194 Å². The number of carbonyl (C=O) groups excluding carboxylic acids is 1. The smallest absolute Gasteiger partial charge is 0.294 e. The number of benzene rings is 1. The van der Waals surface area contributed by atoms with E-state index in [4.69, 9.17) is 0 Å². The van der Waals surface area contributed by atoms with Gasteiger partial charge in [0.2, 0.25) is 5.91 Å². The van der Waals surface area contributed by atoms with Crippen molar-refractivity contribution >= 4 is 22.9 Å². The minimum Gasteiger partial charge on any atom is -0.356 e. The van der Waals surface area contributed by atoms with Crippen molar-refractivity contribution in [3.05, 3.63) is 64.6 Å². The van der Waals surface area contributed by atoms with Crippen LogP contribution in [0.3, 0.4) is 0 Å². The van der Waals surface area contributed by atoms with Gasteiger partial charge < -0.3 is 15.1 Å². The SMILES string of the molecule is CN(CCCNC(=O)C1CCCN(c2nc3cccnc3n(C)c2=O)C1)Cc1ccccc1. The Balaban J connectivity index is 1.30. The summed E-state index contributed by atoms with van der Waals surface area (Å²) in [6.45, 7) is 3.69. The Hall–Kier alpha value is -3.26. The number of carbonyl (C=O) groups is 1. The monoisotopic (exact) mass is 448 g/mol. The highest BCUT2D eigenvalue weighted by atomic mass is 16.2. The molecule has 0 aliphatic carbocycles. The summed E-state index contributed by atoms with van der Waals surface area (Å²) in [5, 5.41) is 3.09. The lowest BCUT2D eigenvalue weighted by Gasteiger charge is -2.32. The van der Waals surface area contributed by atoms with Gasteiger partial charge in [-0.1, -0.05) is 30.3 Å². The van der Waals surface area contributed by atoms with E-state index in [-0.39, 0.29) is 17.4 Å². The molecule has 0 bridgehead atoms. The van der Waals surface area contributed by atoms with Crippen molar-refractivity contribution in [3.8, 4) is 0 Å². The molecule has 1 amide bonds. The maximum atomic E-state index is 12.9. The van der Waals surface area contributed by atoms with Gasteiger partial charge in [-0.25, -0.2) is 9.97 Å². The van der Waals surface area contributed by atoms with Gasteiger partial charge >= 0.3 is 0 Å². The first kappa shape index (κ1) is 22.9. The van der Waals surface area contributed by atoms with E-state index < -0.39 is 0 Å². The van der Waals surface area contributed by atoms with Crippen molar-refractivity contribution in [1.29, 1.82) is 0 Å². The molecule has 3 heterocycles. The molecule has 8 nitrogen and oxygen atoms in total. The van der Waals surface area contributed by atoms with Gasteiger partial charge in [-0.3, -0.25) is 14.2 Å². The van der Waals surface area contributed by atoms with Crippen LogP contribution >= 0.6 is 0 Å². The van der Waals surface area contributed by atoms with Crippen molar-refractivity contribution in [2.45, 2.75) is 25.8 Å². The standard InChI is InChI=1S/C25H32N6O2/c1-29(17-19-9-4-3-5-10-19)15-8-14-27-24(32)20-11-7-16-31(18-20)23-25(33)30(2)22-21(28-23)12-6-13-26-22/h3-6,9-10,12-13,20H,7-8,11,14-18H2,1-2H3,(H,27,32). The second-order valence-electron chi connectivity index (χ2n) is 8.80. The molecule has 2 aromatic heterocycles. The van der Waals surface area contributed by atoms with Crippen LogP contribution in [0, 0.1) is 5.92 Å². The fourth-order valence-electron chi connectivity index (χ4n) is 4.41. The molecule has 33 heavy (non-hydrogen) atoms. The van der Waals surface area contributed by atoms with E-state index in [9.17, 15) is 9.59 Å². The highest BCUT2D eigenvalue weighted by Crippen LogP contribution is 2.21. The Morgan fingerprint density at radius 1 is 1.21 bits per heavy atom. The summed E-state index contributed by atoms with van der Waals surface area (Å²) in [7, 11) is 3.81. The topological polar surface area (TPSA) is 83.4 Å². The molecule has 0 spiro atoms. The van der Waals surface area contributed by atoms with Crippen LogP contribution in [-0.4, -0.2) is 58.6 Å². The molecule has 1 N–H and O–H groups in total. The maximum absolute atomic E-state index is 12.9. The lowest BCUT2D eigenvalue weighted by Crippen LogP contribution is -2.45. The number of pyridine rings is 1. The van der Waals surface area contributed by atoms with Crippen LogP contribution in [0.25, 0.3) is 11.2 Å². The van der Waals surface area contributed by atoms with Crippen LogP contribution < -0.4 is 15.8 Å². The summed E-state index contributed by atoms with van der Waals surface area (Å²) in [4.78, 5) is 38.7. The number of anilines is 1. The Morgan fingerprint density at radius 3 is 2.85 bits per heavy atom. The number of rotatable bonds is 8. The molecule has 1 aliphatic rings. The van der Waals surface area contributed by atoms with Crippen molar-refractivity contribution in [3.63, 3.8) is 0 Å². The first-order chi connectivity index (χ1) is 16.0. The molecule has 1 unspecified atom stereocenters. The quantitative estimate of drug-likeness (QED) is 0.532. The zero-order valence-electron chi connectivity index (χ0n) is 19.4.